The van der Waals surface area contributed by atoms with Crippen LogP contribution in [0.5, 0.6) is 0 Å². The Hall–Kier alpha value is -2.40. The number of carbonyl (C=O) groups is 2. The summed E-state index contributed by atoms with van der Waals surface area (Å²) in [6.45, 7) is 5.88. The van der Waals surface area contributed by atoms with Crippen molar-refractivity contribution in [2.24, 2.45) is 0 Å². The number of carbonyl (C=O) groups excluding carboxylic acids is 2. The Morgan fingerprint density at radius 3 is 2.48 bits per heavy atom. The van der Waals surface area contributed by atoms with Crippen molar-refractivity contribution in [3.63, 3.8) is 0 Å². The zero-order valence-electron chi connectivity index (χ0n) is 15.8. The van der Waals surface area contributed by atoms with Crippen LogP contribution >= 0.6 is 11.6 Å². The second kappa shape index (κ2) is 9.51. The molecule has 2 amide bonds. The lowest BCUT2D eigenvalue weighted by Gasteiger charge is -2.21. The molecule has 0 fully saturated rings. The Balaban J connectivity index is 1.93. The minimum atomic E-state index is -0.289. The first-order chi connectivity index (χ1) is 12.8. The van der Waals surface area contributed by atoms with Crippen molar-refractivity contribution in [1.29, 1.82) is 0 Å². The van der Waals surface area contributed by atoms with Crippen molar-refractivity contribution in [1.82, 2.24) is 4.90 Å². The molecular weight excluding hydrogens is 367 g/mol. The Kier molecular flexibility index (Phi) is 7.36. The summed E-state index contributed by atoms with van der Waals surface area (Å²) in [5.74, 6) is -0.659. The van der Waals surface area contributed by atoms with E-state index in [4.69, 9.17) is 11.6 Å². The third kappa shape index (κ3) is 6.07. The Morgan fingerprint density at radius 1 is 1.15 bits per heavy atom. The Bertz CT molecular complexity index is 816. The molecule has 0 unspecified atom stereocenters. The summed E-state index contributed by atoms with van der Waals surface area (Å²) in [7, 11) is 0. The van der Waals surface area contributed by atoms with Gasteiger partial charge in [0.25, 0.3) is 0 Å². The molecular formula is C21H24ClFN2O2. The fourth-order valence-electron chi connectivity index (χ4n) is 2.90. The highest BCUT2D eigenvalue weighted by molar-refractivity contribution is 6.34. The molecule has 2 aromatic rings. The largest absolute Gasteiger partial charge is 0.342 e. The molecule has 4 nitrogen and oxygen atoms in total. The van der Waals surface area contributed by atoms with Gasteiger partial charge in [0.15, 0.2) is 0 Å². The number of aryl methyl sites for hydroxylation is 2. The van der Waals surface area contributed by atoms with Crippen molar-refractivity contribution in [3.05, 3.63) is 63.9 Å². The summed E-state index contributed by atoms with van der Waals surface area (Å²) in [4.78, 5) is 25.7. The number of benzene rings is 2. The maximum absolute atomic E-state index is 13.7. The van der Waals surface area contributed by atoms with E-state index in [1.54, 1.807) is 29.2 Å². The normalized spacial score (nSPS) is 10.6. The molecule has 0 saturated heterocycles. The highest BCUT2D eigenvalue weighted by Gasteiger charge is 2.14. The van der Waals surface area contributed by atoms with Crippen LogP contribution in [0.3, 0.4) is 0 Å². The molecule has 6 heteroatoms. The molecule has 0 aromatic heterocycles. The van der Waals surface area contributed by atoms with Crippen LogP contribution in [0.15, 0.2) is 36.4 Å². The van der Waals surface area contributed by atoms with Crippen molar-refractivity contribution >= 4 is 29.1 Å². The third-order valence-electron chi connectivity index (χ3n) is 4.36. The SMILES string of the molecule is CC(=O)N(CCC(=O)Nc1c(C)cc(C)cc1Cl)CCc1ccccc1F. The molecule has 1 N–H and O–H groups in total. The van der Waals surface area contributed by atoms with Crippen LogP contribution in [0.25, 0.3) is 0 Å². The van der Waals surface area contributed by atoms with Crippen LogP contribution in [0.1, 0.15) is 30.0 Å². The van der Waals surface area contributed by atoms with Crippen LogP contribution in [-0.4, -0.2) is 29.8 Å². The number of halogens is 2. The highest BCUT2D eigenvalue weighted by Crippen LogP contribution is 2.27. The first-order valence-corrected chi connectivity index (χ1v) is 9.21. The Morgan fingerprint density at radius 2 is 1.85 bits per heavy atom. The molecule has 27 heavy (non-hydrogen) atoms. The van der Waals surface area contributed by atoms with Gasteiger partial charge in [-0.25, -0.2) is 4.39 Å². The molecule has 2 aromatic carbocycles. The van der Waals surface area contributed by atoms with Crippen molar-refractivity contribution < 1.29 is 14.0 Å². The second-order valence-corrected chi connectivity index (χ2v) is 6.99. The van der Waals surface area contributed by atoms with Gasteiger partial charge in [-0.1, -0.05) is 35.9 Å². The number of amides is 2. The predicted molar refractivity (Wildman–Crippen MR) is 107 cm³/mol. The molecule has 0 bridgehead atoms. The summed E-state index contributed by atoms with van der Waals surface area (Å²) in [5, 5.41) is 3.30. The monoisotopic (exact) mass is 390 g/mol. The second-order valence-electron chi connectivity index (χ2n) is 6.58. The first-order valence-electron chi connectivity index (χ1n) is 8.83. The van der Waals surface area contributed by atoms with Crippen LogP contribution in [0.4, 0.5) is 10.1 Å². The third-order valence-corrected chi connectivity index (χ3v) is 4.66. The lowest BCUT2D eigenvalue weighted by Crippen LogP contribution is -2.34. The quantitative estimate of drug-likeness (QED) is 0.755. The van der Waals surface area contributed by atoms with Crippen molar-refractivity contribution in [3.8, 4) is 0 Å². The smallest absolute Gasteiger partial charge is 0.226 e. The maximum atomic E-state index is 13.7. The number of anilines is 1. The van der Waals surface area contributed by atoms with Gasteiger partial charge in [-0.3, -0.25) is 9.59 Å². The minimum absolute atomic E-state index is 0.139. The molecule has 0 aliphatic heterocycles. The summed E-state index contributed by atoms with van der Waals surface area (Å²) < 4.78 is 13.7. The van der Waals surface area contributed by atoms with Crippen molar-refractivity contribution in [2.45, 2.75) is 33.6 Å². The fraction of sp³-hybridized carbons (Fsp3) is 0.333. The number of hydrogen-bond donors (Lipinski definition) is 1. The van der Waals surface area contributed by atoms with E-state index in [0.29, 0.717) is 29.2 Å². The van der Waals surface area contributed by atoms with Crippen LogP contribution in [0, 0.1) is 19.7 Å². The van der Waals surface area contributed by atoms with Gasteiger partial charge >= 0.3 is 0 Å². The molecule has 0 aliphatic carbocycles. The van der Waals surface area contributed by atoms with Gasteiger partial charge in [0.1, 0.15) is 5.82 Å². The summed E-state index contributed by atoms with van der Waals surface area (Å²) in [6.07, 6.45) is 0.539. The zero-order chi connectivity index (χ0) is 20.0. The van der Waals surface area contributed by atoms with Gasteiger partial charge in [0, 0.05) is 26.4 Å². The van der Waals surface area contributed by atoms with E-state index in [1.807, 2.05) is 19.9 Å². The average molecular weight is 391 g/mol. The average Bonchev–Trinajstić information content (AvgIpc) is 2.59. The van der Waals surface area contributed by atoms with Crippen LogP contribution in [-0.2, 0) is 16.0 Å². The van der Waals surface area contributed by atoms with Gasteiger partial charge < -0.3 is 10.2 Å². The van der Waals surface area contributed by atoms with E-state index in [-0.39, 0.29) is 30.6 Å². The molecule has 0 aliphatic rings. The predicted octanol–water partition coefficient (Wildman–Crippen LogP) is 4.52. The molecule has 0 heterocycles. The Labute approximate surface area is 164 Å². The summed E-state index contributed by atoms with van der Waals surface area (Å²) in [5.41, 5.74) is 3.05. The highest BCUT2D eigenvalue weighted by atomic mass is 35.5. The number of nitrogens with one attached hydrogen (secondary N) is 1. The van der Waals surface area contributed by atoms with E-state index in [1.165, 1.54) is 13.0 Å². The topological polar surface area (TPSA) is 49.4 Å². The van der Waals surface area contributed by atoms with E-state index >= 15 is 0 Å². The van der Waals surface area contributed by atoms with Crippen LogP contribution < -0.4 is 5.32 Å². The van der Waals surface area contributed by atoms with E-state index < -0.39 is 0 Å². The van der Waals surface area contributed by atoms with Crippen molar-refractivity contribution in [2.75, 3.05) is 18.4 Å². The molecule has 0 saturated carbocycles. The zero-order valence-corrected chi connectivity index (χ0v) is 16.6. The lowest BCUT2D eigenvalue weighted by atomic mass is 10.1. The van der Waals surface area contributed by atoms with Gasteiger partial charge in [0.05, 0.1) is 10.7 Å². The van der Waals surface area contributed by atoms with E-state index in [9.17, 15) is 14.0 Å². The summed E-state index contributed by atoms with van der Waals surface area (Å²) in [6, 6.07) is 10.2. The number of hydrogen-bond acceptors (Lipinski definition) is 2. The molecule has 144 valence electrons. The van der Waals surface area contributed by atoms with Gasteiger partial charge in [-0.15, -0.1) is 0 Å². The molecule has 2 rings (SSSR count). The number of rotatable bonds is 7. The molecule has 0 atom stereocenters. The van der Waals surface area contributed by atoms with Gasteiger partial charge in [0.2, 0.25) is 11.8 Å². The van der Waals surface area contributed by atoms with Crippen LogP contribution in [0.2, 0.25) is 5.02 Å². The number of nitrogens with zero attached hydrogens (tertiary/aromatic N) is 1. The molecule has 0 spiro atoms. The standard InChI is InChI=1S/C21H24ClFN2O2/c1-14-12-15(2)21(18(22)13-14)24-20(27)9-11-25(16(3)26)10-8-17-6-4-5-7-19(17)23/h4-7,12-13H,8-11H2,1-3H3,(H,24,27). The van der Waals surface area contributed by atoms with E-state index in [2.05, 4.69) is 5.32 Å². The van der Waals surface area contributed by atoms with Gasteiger partial charge in [-0.2, -0.15) is 0 Å². The van der Waals surface area contributed by atoms with Gasteiger partial charge in [-0.05, 0) is 49.1 Å². The maximum Gasteiger partial charge on any atom is 0.226 e. The minimum Gasteiger partial charge on any atom is -0.342 e. The molecule has 0 radical (unpaired) electrons. The lowest BCUT2D eigenvalue weighted by molar-refractivity contribution is -0.129. The summed E-state index contributed by atoms with van der Waals surface area (Å²) >= 11 is 6.21. The fourth-order valence-corrected chi connectivity index (χ4v) is 3.26. The first kappa shape index (κ1) is 20.9. The van der Waals surface area contributed by atoms with E-state index in [0.717, 1.165) is 11.1 Å².